The van der Waals surface area contributed by atoms with Crippen molar-refractivity contribution in [3.63, 3.8) is 0 Å². The number of hydrogen-bond acceptors (Lipinski definition) is 20. The Morgan fingerprint density at radius 2 is 0.579 bits per heavy atom. The Bertz CT molecular complexity index is 2370. The number of unbranched alkanes of at least 4 members (excludes halogenated alkanes) is 13. The van der Waals surface area contributed by atoms with E-state index in [9.17, 15) is 93.6 Å². The van der Waals surface area contributed by atoms with Crippen molar-refractivity contribution in [2.75, 3.05) is 85.1 Å². The lowest BCUT2D eigenvalue weighted by Crippen LogP contribution is -2.47. The smallest absolute Gasteiger partial charge is 0.246 e. The second-order valence-corrected chi connectivity index (χ2v) is 22.8. The molecule has 35 heteroatoms. The number of nitrogens with zero attached hydrogens (tertiary/aromatic N) is 9. The Kier molecular flexibility index (Phi) is 51.9. The maximum atomic E-state index is 13.1. The van der Waals surface area contributed by atoms with E-state index in [1.165, 1.54) is 13.8 Å². The van der Waals surface area contributed by atoms with Gasteiger partial charge in [-0.2, -0.15) is 0 Å². The molecule has 0 saturated carbocycles. The van der Waals surface area contributed by atoms with Gasteiger partial charge in [0.2, 0.25) is 76.8 Å². The van der Waals surface area contributed by atoms with E-state index in [0.717, 1.165) is 0 Å². The summed E-state index contributed by atoms with van der Waals surface area (Å²) in [5.41, 5.74) is 8.60. The highest BCUT2D eigenvalue weighted by Crippen LogP contribution is 2.09. The van der Waals surface area contributed by atoms with Crippen molar-refractivity contribution in [3.05, 3.63) is 10.4 Å². The third-order valence-electron chi connectivity index (χ3n) is 14.6. The Morgan fingerprint density at radius 1 is 0.326 bits per heavy atom. The maximum absolute atomic E-state index is 13.1. The number of azide groups is 1. The average Bonchev–Trinajstić information content (AvgIpc) is 3.23. The second-order valence-electron chi connectivity index (χ2n) is 22.8. The number of rotatable bonds is 58. The van der Waals surface area contributed by atoms with Crippen molar-refractivity contribution >= 4 is 76.8 Å². The van der Waals surface area contributed by atoms with E-state index in [0.29, 0.717) is 178 Å². The minimum absolute atomic E-state index is 0.00354. The van der Waals surface area contributed by atoms with E-state index in [1.807, 2.05) is 0 Å². The van der Waals surface area contributed by atoms with Crippen LogP contribution in [0.5, 0.6) is 0 Å². The number of hydrogen-bond donors (Lipinski definition) is 13. The van der Waals surface area contributed by atoms with E-state index in [-0.39, 0.29) is 148 Å². The quantitative estimate of drug-likeness (QED) is 0.0104. The van der Waals surface area contributed by atoms with Crippen LogP contribution in [0.3, 0.4) is 0 Å². The molecular weight excluding hydrogens is 1250 g/mol. The molecule has 0 bridgehead atoms. The standard InChI is InChI=1S/C60H108N16O19/c1-47(77)71(90)41-17-3-10-35-63-51(80)26-30-56(85)74(93)44-20-6-13-37-65-53(82)28-32-58(87)73(92)43-19-5-12-34-62-50(79)24-25-55(84)69-49(23-9-16-40-68-70-61)60(89)67-39-15-8-22-46-76(95)59(88)33-29-54(83)66-38-14-7-21-45-75(94)57(86)31-27-52(81)64-36-11-4-18-42-72(91)48(2)78/h49,90-95H,3-46H2,1-2H3,(H,62,79)(H,63,80)(H,64,81)(H,65,82)(H,66,83)(H,67,89)(H,69,84). The van der Waals surface area contributed by atoms with Crippen LogP contribution in [0.2, 0.25) is 0 Å². The van der Waals surface area contributed by atoms with Crippen molar-refractivity contribution < 1.29 is 93.6 Å². The van der Waals surface area contributed by atoms with Crippen LogP contribution in [0.25, 0.3) is 10.4 Å². The number of hydroxylamine groups is 12. The minimum atomic E-state index is -0.938. The molecule has 13 N–H and O–H groups in total. The van der Waals surface area contributed by atoms with Gasteiger partial charge in [0.25, 0.3) is 0 Å². The van der Waals surface area contributed by atoms with Gasteiger partial charge >= 0.3 is 0 Å². The van der Waals surface area contributed by atoms with E-state index < -0.39 is 71.0 Å². The first-order valence-corrected chi connectivity index (χ1v) is 33.2. The largest absolute Gasteiger partial charge is 0.356 e. The Balaban J connectivity index is 4.27. The molecule has 542 valence electrons. The molecule has 0 spiro atoms. The average molecular weight is 1360 g/mol. The summed E-state index contributed by atoms with van der Waals surface area (Å²) in [4.78, 5) is 161. The fraction of sp³-hybridized carbons (Fsp3) is 0.783. The molecule has 0 saturated heterocycles. The summed E-state index contributed by atoms with van der Waals surface area (Å²) in [5, 5.41) is 85.0. The lowest BCUT2D eigenvalue weighted by Gasteiger charge is -2.19. The van der Waals surface area contributed by atoms with Crippen molar-refractivity contribution in [2.45, 2.75) is 219 Å². The van der Waals surface area contributed by atoms with Crippen LogP contribution >= 0.6 is 0 Å². The Hall–Kier alpha value is -7.82. The molecule has 35 nitrogen and oxygen atoms in total. The first-order chi connectivity index (χ1) is 45.4. The molecule has 0 aliphatic rings. The molecule has 0 aliphatic heterocycles. The molecule has 0 aliphatic carbocycles. The second kappa shape index (κ2) is 56.5. The highest BCUT2D eigenvalue weighted by Gasteiger charge is 2.22. The van der Waals surface area contributed by atoms with Gasteiger partial charge in [0.15, 0.2) is 0 Å². The van der Waals surface area contributed by atoms with Crippen LogP contribution in [0.4, 0.5) is 0 Å². The van der Waals surface area contributed by atoms with Gasteiger partial charge in [0.05, 0.1) is 0 Å². The van der Waals surface area contributed by atoms with Gasteiger partial charge in [-0.05, 0) is 134 Å². The molecule has 0 aromatic rings. The van der Waals surface area contributed by atoms with Gasteiger partial charge in [0, 0.05) is 168 Å². The first-order valence-electron chi connectivity index (χ1n) is 33.2. The Labute approximate surface area is 555 Å². The lowest BCUT2D eigenvalue weighted by molar-refractivity contribution is -0.166. The maximum Gasteiger partial charge on any atom is 0.246 e. The van der Waals surface area contributed by atoms with Crippen LogP contribution < -0.4 is 37.2 Å². The summed E-state index contributed by atoms with van der Waals surface area (Å²) >= 11 is 0. The van der Waals surface area contributed by atoms with Crippen molar-refractivity contribution in [2.24, 2.45) is 5.11 Å². The molecule has 0 radical (unpaired) electrons. The summed E-state index contributed by atoms with van der Waals surface area (Å²) in [6, 6.07) is -0.938. The lowest BCUT2D eigenvalue weighted by atomic mass is 10.1. The third-order valence-corrected chi connectivity index (χ3v) is 14.6. The van der Waals surface area contributed by atoms with Gasteiger partial charge in [-0.1, -0.05) is 11.5 Å². The fourth-order valence-corrected chi connectivity index (χ4v) is 8.85. The van der Waals surface area contributed by atoms with E-state index >= 15 is 0 Å². The van der Waals surface area contributed by atoms with Crippen LogP contribution in [0.1, 0.15) is 213 Å². The minimum Gasteiger partial charge on any atom is -0.356 e. The molecule has 0 heterocycles. The van der Waals surface area contributed by atoms with Crippen LogP contribution in [0, 0.1) is 0 Å². The summed E-state index contributed by atoms with van der Waals surface area (Å²) in [6.45, 7) is 4.99. The van der Waals surface area contributed by atoms with Gasteiger partial charge in [-0.25, -0.2) is 30.4 Å². The SMILES string of the molecule is CC(=O)N(O)CCCCCNC(=O)CCC(=O)N(O)CCCCCNC(=O)CCC(=O)N(O)CCCCCNC(=O)CCC(=O)NC(CCCCN=[N+]=[N-])C(=O)NCCCCCN(O)C(=O)CCC(=O)NCCCCCN(O)C(=O)CCC(=O)NCCCCCN(O)C(C)=O. The first kappa shape index (κ1) is 87.2. The highest BCUT2D eigenvalue weighted by molar-refractivity contribution is 5.89. The van der Waals surface area contributed by atoms with E-state index in [2.05, 4.69) is 47.2 Å². The summed E-state index contributed by atoms with van der Waals surface area (Å²) in [5.74, 6) is -6.25. The molecule has 0 rings (SSSR count). The van der Waals surface area contributed by atoms with Gasteiger partial charge < -0.3 is 37.2 Å². The molecule has 0 fully saturated rings. The zero-order valence-electron chi connectivity index (χ0n) is 55.7. The number of nitrogens with one attached hydrogen (secondary N) is 7. The summed E-state index contributed by atoms with van der Waals surface area (Å²) in [7, 11) is 0. The van der Waals surface area contributed by atoms with Crippen LogP contribution in [-0.2, 0) is 62.3 Å². The monoisotopic (exact) mass is 1360 g/mol. The molecule has 1 unspecified atom stereocenters. The van der Waals surface area contributed by atoms with Crippen molar-refractivity contribution in [1.82, 2.24) is 67.6 Å². The molecule has 13 amide bonds. The number of amides is 13. The molecule has 95 heavy (non-hydrogen) atoms. The van der Waals surface area contributed by atoms with E-state index in [4.69, 9.17) is 5.53 Å². The predicted molar refractivity (Wildman–Crippen MR) is 339 cm³/mol. The number of carbonyl (C=O) groups is 13. The van der Waals surface area contributed by atoms with Crippen molar-refractivity contribution in [3.8, 4) is 0 Å². The predicted octanol–water partition coefficient (Wildman–Crippen LogP) is 2.92. The Morgan fingerprint density at radius 3 is 0.853 bits per heavy atom. The van der Waals surface area contributed by atoms with Crippen LogP contribution in [-0.4, -0.2) is 230 Å². The zero-order chi connectivity index (χ0) is 71.0. The third kappa shape index (κ3) is 50.3. The molecule has 0 aromatic heterocycles. The highest BCUT2D eigenvalue weighted by atomic mass is 16.5. The zero-order valence-corrected chi connectivity index (χ0v) is 55.7. The molecular formula is C60H108N16O19. The van der Waals surface area contributed by atoms with Gasteiger partial charge in [-0.15, -0.1) is 0 Å². The van der Waals surface area contributed by atoms with Crippen molar-refractivity contribution in [1.29, 1.82) is 0 Å². The van der Waals surface area contributed by atoms with Gasteiger partial charge in [-0.3, -0.25) is 93.6 Å². The molecule has 1 atom stereocenters. The summed E-state index contributed by atoms with van der Waals surface area (Å²) < 4.78 is 0. The summed E-state index contributed by atoms with van der Waals surface area (Å²) in [6.07, 6.45) is 9.09. The fourth-order valence-electron chi connectivity index (χ4n) is 8.85. The topological polar surface area (TPSA) is 496 Å². The number of carbonyl (C=O) groups excluding carboxylic acids is 13. The normalized spacial score (nSPS) is 11.0. The van der Waals surface area contributed by atoms with Crippen LogP contribution in [0.15, 0.2) is 5.11 Å². The molecule has 0 aromatic carbocycles. The van der Waals surface area contributed by atoms with E-state index in [1.54, 1.807) is 0 Å². The van der Waals surface area contributed by atoms with Gasteiger partial charge in [0.1, 0.15) is 6.04 Å².